The first kappa shape index (κ1) is 13.5. The van der Waals surface area contributed by atoms with Gasteiger partial charge < -0.3 is 15.3 Å². The van der Waals surface area contributed by atoms with Crippen LogP contribution in [0.5, 0.6) is 0 Å². The van der Waals surface area contributed by atoms with Crippen molar-refractivity contribution in [1.29, 1.82) is 0 Å². The molecule has 1 atom stereocenters. The molecule has 0 saturated carbocycles. The van der Waals surface area contributed by atoms with Gasteiger partial charge in [0.2, 0.25) is 5.91 Å². The number of carbonyl (C=O) groups is 1. The van der Waals surface area contributed by atoms with E-state index in [4.69, 9.17) is 5.11 Å². The molecule has 2 N–H and O–H groups in total. The number of aliphatic hydroxyl groups is 1. The third-order valence-electron chi connectivity index (χ3n) is 3.26. The van der Waals surface area contributed by atoms with Gasteiger partial charge in [-0.05, 0) is 41.8 Å². The minimum atomic E-state index is 0.0299. The van der Waals surface area contributed by atoms with E-state index >= 15 is 0 Å². The first-order valence-electron chi connectivity index (χ1n) is 6.42. The van der Waals surface area contributed by atoms with Gasteiger partial charge in [-0.25, -0.2) is 0 Å². The number of nitrogens with zero attached hydrogens (tertiary/aromatic N) is 1. The molecule has 1 unspecified atom stereocenters. The fraction of sp³-hybridized carbons (Fsp3) is 0.615. The van der Waals surface area contributed by atoms with Crippen LogP contribution in [0.3, 0.4) is 0 Å². The first-order chi connectivity index (χ1) is 8.79. The molecule has 4 nitrogen and oxygen atoms in total. The maximum absolute atomic E-state index is 12.2. The second-order valence-corrected chi connectivity index (χ2v) is 5.45. The summed E-state index contributed by atoms with van der Waals surface area (Å²) in [6, 6.07) is 2.37. The number of rotatable bonds is 6. The monoisotopic (exact) mass is 268 g/mol. The van der Waals surface area contributed by atoms with Crippen molar-refractivity contribution < 1.29 is 9.90 Å². The lowest BCUT2D eigenvalue weighted by molar-refractivity contribution is -0.131. The van der Waals surface area contributed by atoms with Crippen LogP contribution in [0.4, 0.5) is 0 Å². The maximum atomic E-state index is 12.2. The number of nitrogens with one attached hydrogen (secondary N) is 1. The van der Waals surface area contributed by atoms with Crippen LogP contribution in [-0.2, 0) is 11.2 Å². The summed E-state index contributed by atoms with van der Waals surface area (Å²) in [5.74, 6) is 0.108. The molecule has 0 bridgehead atoms. The SMILES string of the molecule is O=C(Cc1ccsc1)N(CCO)CC1CCCN1. The Balaban J connectivity index is 1.88. The number of hydrogen-bond acceptors (Lipinski definition) is 4. The lowest BCUT2D eigenvalue weighted by Gasteiger charge is -2.25. The zero-order valence-electron chi connectivity index (χ0n) is 10.5. The summed E-state index contributed by atoms with van der Waals surface area (Å²) in [4.78, 5) is 14.0. The Labute approximate surface area is 112 Å². The summed E-state index contributed by atoms with van der Waals surface area (Å²) >= 11 is 1.61. The van der Waals surface area contributed by atoms with Crippen LogP contribution >= 0.6 is 11.3 Å². The maximum Gasteiger partial charge on any atom is 0.227 e. The predicted octanol–water partition coefficient (Wildman–Crippen LogP) is 0.863. The minimum absolute atomic E-state index is 0.0299. The van der Waals surface area contributed by atoms with Gasteiger partial charge in [0.15, 0.2) is 0 Å². The Hall–Kier alpha value is -0.910. The van der Waals surface area contributed by atoms with Crippen LogP contribution < -0.4 is 5.32 Å². The molecule has 1 aromatic heterocycles. The molecule has 1 aliphatic heterocycles. The van der Waals surface area contributed by atoms with E-state index in [2.05, 4.69) is 5.32 Å². The van der Waals surface area contributed by atoms with Gasteiger partial charge in [-0.15, -0.1) is 0 Å². The van der Waals surface area contributed by atoms with Gasteiger partial charge in [0, 0.05) is 19.1 Å². The number of amides is 1. The van der Waals surface area contributed by atoms with Crippen molar-refractivity contribution in [3.63, 3.8) is 0 Å². The summed E-state index contributed by atoms with van der Waals surface area (Å²) in [5.41, 5.74) is 1.06. The summed E-state index contributed by atoms with van der Waals surface area (Å²) in [6.45, 7) is 2.21. The third kappa shape index (κ3) is 3.80. The minimum Gasteiger partial charge on any atom is -0.395 e. The fourth-order valence-corrected chi connectivity index (χ4v) is 2.97. The molecule has 1 aliphatic rings. The molecule has 100 valence electrons. The summed E-state index contributed by atoms with van der Waals surface area (Å²) < 4.78 is 0. The van der Waals surface area contributed by atoms with Gasteiger partial charge in [0.1, 0.15) is 0 Å². The predicted molar refractivity (Wildman–Crippen MR) is 72.7 cm³/mol. The van der Waals surface area contributed by atoms with Crippen molar-refractivity contribution in [2.45, 2.75) is 25.3 Å². The standard InChI is InChI=1S/C13H20N2O2S/c16-6-5-15(9-12-2-1-4-14-12)13(17)8-11-3-7-18-10-11/h3,7,10,12,14,16H,1-2,4-6,8-9H2. The second kappa shape index (κ2) is 6.87. The Morgan fingerprint density at radius 2 is 2.50 bits per heavy atom. The van der Waals surface area contributed by atoms with Crippen molar-refractivity contribution in [1.82, 2.24) is 10.2 Å². The molecule has 0 radical (unpaired) electrons. The molecule has 2 rings (SSSR count). The number of carbonyl (C=O) groups excluding carboxylic acids is 1. The quantitative estimate of drug-likeness (QED) is 0.805. The van der Waals surface area contributed by atoms with Crippen molar-refractivity contribution in [3.05, 3.63) is 22.4 Å². The second-order valence-electron chi connectivity index (χ2n) is 4.67. The molecule has 0 aromatic carbocycles. The molecule has 0 aliphatic carbocycles. The average Bonchev–Trinajstić information content (AvgIpc) is 3.01. The van der Waals surface area contributed by atoms with Gasteiger partial charge in [0.05, 0.1) is 13.0 Å². The molecule has 1 aromatic rings. The Morgan fingerprint density at radius 3 is 3.11 bits per heavy atom. The number of thiophene rings is 1. The molecule has 0 spiro atoms. The molecular weight excluding hydrogens is 248 g/mol. The lowest BCUT2D eigenvalue weighted by atomic mass is 10.2. The van der Waals surface area contributed by atoms with E-state index in [0.29, 0.717) is 25.6 Å². The highest BCUT2D eigenvalue weighted by Crippen LogP contribution is 2.11. The van der Waals surface area contributed by atoms with Gasteiger partial charge in [-0.3, -0.25) is 4.79 Å². The summed E-state index contributed by atoms with van der Waals surface area (Å²) in [5, 5.41) is 16.4. The molecule has 1 saturated heterocycles. The van der Waals surface area contributed by atoms with Crippen LogP contribution in [0.25, 0.3) is 0 Å². The van der Waals surface area contributed by atoms with E-state index in [-0.39, 0.29) is 12.5 Å². The topological polar surface area (TPSA) is 52.6 Å². The van der Waals surface area contributed by atoms with Crippen molar-refractivity contribution in [3.8, 4) is 0 Å². The lowest BCUT2D eigenvalue weighted by Crippen LogP contribution is -2.43. The van der Waals surface area contributed by atoms with E-state index in [9.17, 15) is 4.79 Å². The van der Waals surface area contributed by atoms with Crippen LogP contribution in [0, 0.1) is 0 Å². The molecule has 5 heteroatoms. The van der Waals surface area contributed by atoms with E-state index in [1.807, 2.05) is 16.8 Å². The fourth-order valence-electron chi connectivity index (χ4n) is 2.30. The van der Waals surface area contributed by atoms with E-state index < -0.39 is 0 Å². The average molecular weight is 268 g/mol. The molecule has 18 heavy (non-hydrogen) atoms. The van der Waals surface area contributed by atoms with Crippen LogP contribution in [-0.4, -0.2) is 48.2 Å². The highest BCUT2D eigenvalue weighted by atomic mass is 32.1. The third-order valence-corrected chi connectivity index (χ3v) is 3.99. The molecule has 2 heterocycles. The number of aliphatic hydroxyl groups excluding tert-OH is 1. The highest BCUT2D eigenvalue weighted by Gasteiger charge is 2.21. The Bertz CT molecular complexity index is 361. The normalized spacial score (nSPS) is 19.1. The first-order valence-corrected chi connectivity index (χ1v) is 7.37. The number of hydrogen-bond donors (Lipinski definition) is 2. The van der Waals surface area contributed by atoms with Crippen LogP contribution in [0.15, 0.2) is 16.8 Å². The zero-order valence-corrected chi connectivity index (χ0v) is 11.3. The van der Waals surface area contributed by atoms with Crippen molar-refractivity contribution in [2.75, 3.05) is 26.2 Å². The highest BCUT2D eigenvalue weighted by molar-refractivity contribution is 7.07. The molecular formula is C13H20N2O2S. The Morgan fingerprint density at radius 1 is 1.61 bits per heavy atom. The van der Waals surface area contributed by atoms with E-state index in [1.54, 1.807) is 16.2 Å². The van der Waals surface area contributed by atoms with Gasteiger partial charge in [0.25, 0.3) is 0 Å². The smallest absolute Gasteiger partial charge is 0.227 e. The van der Waals surface area contributed by atoms with Crippen molar-refractivity contribution >= 4 is 17.2 Å². The Kier molecular flexibility index (Phi) is 5.16. The van der Waals surface area contributed by atoms with E-state index in [0.717, 1.165) is 18.5 Å². The van der Waals surface area contributed by atoms with Gasteiger partial charge in [-0.2, -0.15) is 11.3 Å². The van der Waals surface area contributed by atoms with Crippen LogP contribution in [0.1, 0.15) is 18.4 Å². The largest absolute Gasteiger partial charge is 0.395 e. The zero-order chi connectivity index (χ0) is 12.8. The molecule has 1 amide bonds. The van der Waals surface area contributed by atoms with Crippen molar-refractivity contribution in [2.24, 2.45) is 0 Å². The summed E-state index contributed by atoms with van der Waals surface area (Å²) in [6.07, 6.45) is 2.74. The van der Waals surface area contributed by atoms with Gasteiger partial charge >= 0.3 is 0 Å². The van der Waals surface area contributed by atoms with Gasteiger partial charge in [-0.1, -0.05) is 0 Å². The van der Waals surface area contributed by atoms with Crippen LogP contribution in [0.2, 0.25) is 0 Å². The van der Waals surface area contributed by atoms with E-state index in [1.165, 1.54) is 6.42 Å². The summed E-state index contributed by atoms with van der Waals surface area (Å²) in [7, 11) is 0. The molecule has 1 fully saturated rings.